The van der Waals surface area contributed by atoms with E-state index in [-0.39, 0.29) is 17.4 Å². The Bertz CT molecular complexity index is 1210. The molecule has 1 unspecified atom stereocenters. The van der Waals surface area contributed by atoms with Gasteiger partial charge in [0.05, 0.1) is 13.0 Å². The highest BCUT2D eigenvalue weighted by Gasteiger charge is 2.39. The van der Waals surface area contributed by atoms with Gasteiger partial charge in [0.2, 0.25) is 0 Å². The van der Waals surface area contributed by atoms with E-state index in [0.29, 0.717) is 0 Å². The molecule has 0 radical (unpaired) electrons. The van der Waals surface area contributed by atoms with Crippen molar-refractivity contribution in [2.45, 2.75) is 64.4 Å². The van der Waals surface area contributed by atoms with E-state index in [2.05, 4.69) is 82.3 Å². The van der Waals surface area contributed by atoms with Gasteiger partial charge in [-0.05, 0) is 71.2 Å². The third-order valence-electron chi connectivity index (χ3n) is 7.82. The number of carboxylic acid groups (broad SMARTS) is 1. The van der Waals surface area contributed by atoms with Crippen LogP contribution in [0.1, 0.15) is 67.9 Å². The van der Waals surface area contributed by atoms with Gasteiger partial charge >= 0.3 is 5.97 Å². The normalized spacial score (nSPS) is 17.6. The minimum Gasteiger partial charge on any atom is -0.481 e. The highest BCUT2D eigenvalue weighted by Crippen LogP contribution is 2.41. The zero-order chi connectivity index (χ0) is 25.1. The molecular formula is C32H36O3. The molecule has 3 heteroatoms. The molecule has 1 N–H and O–H groups in total. The molecule has 0 amide bonds. The molecular weight excluding hydrogens is 432 g/mol. The summed E-state index contributed by atoms with van der Waals surface area (Å²) >= 11 is 0. The van der Waals surface area contributed by atoms with Crippen molar-refractivity contribution in [3.8, 4) is 11.1 Å². The van der Waals surface area contributed by atoms with Crippen LogP contribution in [-0.4, -0.2) is 23.3 Å². The van der Waals surface area contributed by atoms with Crippen LogP contribution < -0.4 is 0 Å². The van der Waals surface area contributed by atoms with Gasteiger partial charge in [-0.25, -0.2) is 0 Å². The SMILES string of the molecule is CCC1(/C=C/c2ccc(C(CC)(CC)c3ccc(-c4ccccc4CC(=O)O)cc3)cc2C)CO1. The Morgan fingerprint density at radius 1 is 1.00 bits per heavy atom. The number of aliphatic carboxylic acids is 1. The van der Waals surface area contributed by atoms with E-state index in [9.17, 15) is 9.90 Å². The number of aryl methyl sites for hydroxylation is 1. The van der Waals surface area contributed by atoms with E-state index in [4.69, 9.17) is 4.74 Å². The quantitative estimate of drug-likeness (QED) is 0.312. The largest absolute Gasteiger partial charge is 0.481 e. The number of hydrogen-bond donors (Lipinski definition) is 1. The molecule has 3 aromatic rings. The second-order valence-electron chi connectivity index (χ2n) is 9.71. The number of hydrogen-bond acceptors (Lipinski definition) is 2. The Morgan fingerprint density at radius 2 is 1.66 bits per heavy atom. The molecule has 1 aliphatic rings. The van der Waals surface area contributed by atoms with Gasteiger partial charge in [0.1, 0.15) is 5.60 Å². The van der Waals surface area contributed by atoms with Crippen LogP contribution in [0.15, 0.2) is 72.8 Å². The maximum Gasteiger partial charge on any atom is 0.307 e. The van der Waals surface area contributed by atoms with Crippen molar-refractivity contribution in [1.82, 2.24) is 0 Å². The summed E-state index contributed by atoms with van der Waals surface area (Å²) in [5.74, 6) is -0.812. The second kappa shape index (κ2) is 10.2. The maximum atomic E-state index is 11.3. The van der Waals surface area contributed by atoms with Gasteiger partial charge in [-0.1, -0.05) is 93.6 Å². The summed E-state index contributed by atoms with van der Waals surface area (Å²) in [5.41, 5.74) is 7.89. The molecule has 182 valence electrons. The first kappa shape index (κ1) is 24.9. The molecule has 1 saturated heterocycles. The zero-order valence-corrected chi connectivity index (χ0v) is 21.3. The van der Waals surface area contributed by atoms with Gasteiger partial charge in [0.15, 0.2) is 0 Å². The van der Waals surface area contributed by atoms with Crippen LogP contribution in [0, 0.1) is 6.92 Å². The van der Waals surface area contributed by atoms with Gasteiger partial charge in [-0.15, -0.1) is 0 Å². The van der Waals surface area contributed by atoms with E-state index in [0.717, 1.165) is 42.6 Å². The smallest absolute Gasteiger partial charge is 0.307 e. The first-order valence-corrected chi connectivity index (χ1v) is 12.7. The van der Waals surface area contributed by atoms with E-state index in [1.807, 2.05) is 24.3 Å². The van der Waals surface area contributed by atoms with Crippen molar-refractivity contribution >= 4 is 12.0 Å². The van der Waals surface area contributed by atoms with Gasteiger partial charge in [0.25, 0.3) is 0 Å². The average Bonchev–Trinajstić information content (AvgIpc) is 3.65. The van der Waals surface area contributed by atoms with Gasteiger partial charge in [-0.3, -0.25) is 4.79 Å². The molecule has 0 aromatic heterocycles. The summed E-state index contributed by atoms with van der Waals surface area (Å²) in [7, 11) is 0. The van der Waals surface area contributed by atoms with Crippen LogP contribution in [-0.2, 0) is 21.4 Å². The van der Waals surface area contributed by atoms with E-state index < -0.39 is 5.97 Å². The van der Waals surface area contributed by atoms with Gasteiger partial charge in [0, 0.05) is 5.41 Å². The van der Waals surface area contributed by atoms with Crippen LogP contribution in [0.4, 0.5) is 0 Å². The summed E-state index contributed by atoms with van der Waals surface area (Å²) in [6.07, 6.45) is 7.45. The molecule has 1 aliphatic heterocycles. The minimum absolute atomic E-state index is 0.0252. The van der Waals surface area contributed by atoms with Crippen LogP contribution in [0.3, 0.4) is 0 Å². The average molecular weight is 469 g/mol. The fraction of sp³-hybridized carbons (Fsp3) is 0.344. The van der Waals surface area contributed by atoms with Gasteiger partial charge < -0.3 is 9.84 Å². The van der Waals surface area contributed by atoms with Crippen molar-refractivity contribution < 1.29 is 14.6 Å². The number of carbonyl (C=O) groups is 1. The summed E-state index contributed by atoms with van der Waals surface area (Å²) in [5, 5.41) is 9.30. The predicted octanol–water partition coefficient (Wildman–Crippen LogP) is 7.59. The number of carboxylic acids is 1. The Morgan fingerprint density at radius 3 is 2.23 bits per heavy atom. The number of ether oxygens (including phenoxy) is 1. The molecule has 1 fully saturated rings. The van der Waals surface area contributed by atoms with Crippen molar-refractivity contribution in [2.75, 3.05) is 6.61 Å². The van der Waals surface area contributed by atoms with E-state index in [1.54, 1.807) is 0 Å². The Labute approximate surface area is 209 Å². The van der Waals surface area contributed by atoms with Crippen LogP contribution in [0.25, 0.3) is 17.2 Å². The molecule has 4 rings (SSSR count). The standard InChI is InChI=1S/C32H36O3/c1-5-31(22-35-31)19-18-24-12-17-28(20-23(24)4)32(6-2,7-3)27-15-13-25(14-16-27)29-11-9-8-10-26(29)21-30(33)34/h8-20H,5-7,21-22H2,1-4H3,(H,33,34)/b19-18+. The summed E-state index contributed by atoms with van der Waals surface area (Å²) in [6, 6.07) is 23.3. The molecule has 0 aliphatic carbocycles. The molecule has 1 atom stereocenters. The first-order valence-electron chi connectivity index (χ1n) is 12.7. The molecule has 3 nitrogen and oxygen atoms in total. The van der Waals surface area contributed by atoms with Crippen molar-refractivity contribution in [3.05, 3.63) is 101 Å². The fourth-order valence-electron chi connectivity index (χ4n) is 5.23. The lowest BCUT2D eigenvalue weighted by atomic mass is 9.70. The zero-order valence-electron chi connectivity index (χ0n) is 21.3. The van der Waals surface area contributed by atoms with Gasteiger partial charge in [-0.2, -0.15) is 0 Å². The molecule has 3 aromatic carbocycles. The molecule has 0 bridgehead atoms. The van der Waals surface area contributed by atoms with Crippen molar-refractivity contribution in [1.29, 1.82) is 0 Å². The highest BCUT2D eigenvalue weighted by molar-refractivity contribution is 5.76. The molecule has 35 heavy (non-hydrogen) atoms. The lowest BCUT2D eigenvalue weighted by molar-refractivity contribution is -0.136. The van der Waals surface area contributed by atoms with Crippen molar-refractivity contribution in [2.24, 2.45) is 0 Å². The monoisotopic (exact) mass is 468 g/mol. The second-order valence-corrected chi connectivity index (χ2v) is 9.71. The molecule has 0 spiro atoms. The lowest BCUT2D eigenvalue weighted by Crippen LogP contribution is -2.26. The number of benzene rings is 3. The maximum absolute atomic E-state index is 11.3. The summed E-state index contributed by atoms with van der Waals surface area (Å²) < 4.78 is 5.63. The van der Waals surface area contributed by atoms with E-state index in [1.165, 1.54) is 22.3 Å². The molecule has 1 heterocycles. The third kappa shape index (κ3) is 5.11. The number of rotatable bonds is 10. The number of epoxide rings is 1. The summed E-state index contributed by atoms with van der Waals surface area (Å²) in [4.78, 5) is 11.3. The van der Waals surface area contributed by atoms with E-state index >= 15 is 0 Å². The fourth-order valence-corrected chi connectivity index (χ4v) is 5.23. The van der Waals surface area contributed by atoms with Crippen LogP contribution in [0.2, 0.25) is 0 Å². The Kier molecular flexibility index (Phi) is 7.28. The topological polar surface area (TPSA) is 49.8 Å². The highest BCUT2D eigenvalue weighted by atomic mass is 16.6. The lowest BCUT2D eigenvalue weighted by Gasteiger charge is -2.34. The molecule has 0 saturated carbocycles. The van der Waals surface area contributed by atoms with Crippen LogP contribution >= 0.6 is 0 Å². The predicted molar refractivity (Wildman–Crippen MR) is 144 cm³/mol. The first-order chi connectivity index (χ1) is 16.9. The Balaban J connectivity index is 1.66. The van der Waals surface area contributed by atoms with Crippen molar-refractivity contribution in [3.63, 3.8) is 0 Å². The van der Waals surface area contributed by atoms with Crippen LogP contribution in [0.5, 0.6) is 0 Å². The Hall–Kier alpha value is -3.17. The third-order valence-corrected chi connectivity index (χ3v) is 7.82. The summed E-state index contributed by atoms with van der Waals surface area (Å²) in [6.45, 7) is 9.70. The minimum atomic E-state index is -0.812.